The molecule has 0 atom stereocenters. The van der Waals surface area contributed by atoms with Crippen molar-refractivity contribution in [1.29, 1.82) is 0 Å². The summed E-state index contributed by atoms with van der Waals surface area (Å²) in [5.74, 6) is 0. The third-order valence-corrected chi connectivity index (χ3v) is 17.5. The Morgan fingerprint density at radius 3 is 1.26 bits per heavy atom. The average molecular weight is 801 g/mol. The number of hydrogen-bond donors (Lipinski definition) is 0. The Morgan fingerprint density at radius 1 is 0.448 bits per heavy atom. The lowest BCUT2D eigenvalue weighted by Gasteiger charge is -2.36. The van der Waals surface area contributed by atoms with Gasteiger partial charge in [-0.05, 0) is 46.0 Å². The van der Waals surface area contributed by atoms with E-state index in [4.69, 9.17) is 0 Å². The number of halogens is 3. The maximum absolute atomic E-state index is 15.9. The first-order valence-electron chi connectivity index (χ1n) is 18.8. The minimum Gasteiger partial charge on any atom is -0.309 e. The Morgan fingerprint density at radius 2 is 0.845 bits per heavy atom. The van der Waals surface area contributed by atoms with Crippen molar-refractivity contribution in [3.63, 3.8) is 0 Å². The Bertz CT molecular complexity index is 2760. The summed E-state index contributed by atoms with van der Waals surface area (Å²) < 4.78 is 77.7. The van der Waals surface area contributed by atoms with Crippen molar-refractivity contribution in [2.75, 3.05) is 0 Å². The molecule has 0 amide bonds. The molecule has 0 saturated carbocycles. The molecule has 0 unspecified atom stereocenters. The lowest BCUT2D eigenvalue weighted by molar-refractivity contribution is -0.141. The fraction of sp³-hybridized carbons (Fsp3) is 0.0408. The molecular weight excluding hydrogens is 767 g/mol. The number of nitrogens with zero attached hydrogens (tertiary/aromatic N) is 2. The third kappa shape index (κ3) is 5.27. The van der Waals surface area contributed by atoms with Crippen LogP contribution in [0, 0.1) is 0 Å². The summed E-state index contributed by atoms with van der Waals surface area (Å²) in [6.45, 7) is 0. The number of alkyl halides is 3. The Kier molecular flexibility index (Phi) is 8.35. The molecule has 58 heavy (non-hydrogen) atoms. The second-order valence-corrected chi connectivity index (χ2v) is 20.1. The van der Waals surface area contributed by atoms with Gasteiger partial charge in [-0.2, -0.15) is 18.3 Å². The number of rotatable bonds is 6. The number of fused-ring (bicyclic) bond motifs is 9. The first-order chi connectivity index (χ1) is 28.1. The van der Waals surface area contributed by atoms with Gasteiger partial charge < -0.3 is 9.13 Å². The first-order valence-corrected chi connectivity index (χ1v) is 22.2. The molecule has 1 aliphatic heterocycles. The van der Waals surface area contributed by atoms with E-state index in [2.05, 4.69) is 5.10 Å². The molecule has 7 aromatic carbocycles. The smallest absolute Gasteiger partial charge is 0.309 e. The van der Waals surface area contributed by atoms with Gasteiger partial charge in [0.15, 0.2) is 20.0 Å². The molecule has 1 aliphatic carbocycles. The molecule has 2 heterocycles. The van der Waals surface area contributed by atoms with Gasteiger partial charge in [-0.25, -0.2) is 4.68 Å². The minimum atomic E-state index is -4.74. The van der Waals surface area contributed by atoms with Gasteiger partial charge in [0.05, 0.1) is 5.69 Å². The van der Waals surface area contributed by atoms with Crippen molar-refractivity contribution < 1.29 is 22.3 Å². The molecular formula is C49H33F3N2O2P2. The van der Waals surface area contributed by atoms with Crippen LogP contribution in [0.4, 0.5) is 13.2 Å². The van der Waals surface area contributed by atoms with Crippen LogP contribution in [0.25, 0.3) is 23.4 Å². The summed E-state index contributed by atoms with van der Waals surface area (Å²) in [5.41, 5.74) is 1.67. The summed E-state index contributed by atoms with van der Waals surface area (Å²) in [6.07, 6.45) is -0.839. The van der Waals surface area contributed by atoms with Crippen molar-refractivity contribution >= 4 is 58.3 Å². The predicted molar refractivity (Wildman–Crippen MR) is 229 cm³/mol. The van der Waals surface area contributed by atoms with Crippen molar-refractivity contribution in [2.45, 2.75) is 11.7 Å². The van der Waals surface area contributed by atoms with Gasteiger partial charge in [-0.1, -0.05) is 182 Å². The highest BCUT2D eigenvalue weighted by molar-refractivity contribution is 7.85. The molecule has 0 saturated heterocycles. The van der Waals surface area contributed by atoms with Crippen molar-refractivity contribution in [3.8, 4) is 11.3 Å². The fourth-order valence-corrected chi connectivity index (χ4v) is 14.1. The third-order valence-electron chi connectivity index (χ3n) is 11.4. The molecule has 9 heteroatoms. The second-order valence-electron chi connectivity index (χ2n) is 14.5. The fourth-order valence-electron chi connectivity index (χ4n) is 8.79. The molecule has 8 aromatic rings. The maximum Gasteiger partial charge on any atom is 0.435 e. The highest BCUT2D eigenvalue weighted by atomic mass is 31.2. The molecule has 0 N–H and O–H groups in total. The van der Waals surface area contributed by atoms with Crippen molar-refractivity contribution in [2.24, 2.45) is 0 Å². The molecule has 0 fully saturated rings. The number of aromatic nitrogens is 2. The van der Waals surface area contributed by atoms with E-state index < -0.39 is 31.7 Å². The van der Waals surface area contributed by atoms with Crippen molar-refractivity contribution in [1.82, 2.24) is 9.78 Å². The van der Waals surface area contributed by atoms with Crippen LogP contribution in [-0.4, -0.2) is 9.78 Å². The largest absolute Gasteiger partial charge is 0.435 e. The summed E-state index contributed by atoms with van der Waals surface area (Å²) >= 11 is 0. The first kappa shape index (κ1) is 36.1. The Balaban J connectivity index is 1.34. The van der Waals surface area contributed by atoms with E-state index in [0.717, 1.165) is 17.2 Å². The van der Waals surface area contributed by atoms with E-state index in [-0.39, 0.29) is 0 Å². The quantitative estimate of drug-likeness (QED) is 0.158. The van der Waals surface area contributed by atoms with Gasteiger partial charge in [0.1, 0.15) is 5.54 Å². The van der Waals surface area contributed by atoms with Gasteiger partial charge in [0.25, 0.3) is 0 Å². The second kappa shape index (κ2) is 13.4. The minimum absolute atomic E-state index is 0.293. The zero-order valence-corrected chi connectivity index (χ0v) is 32.6. The van der Waals surface area contributed by atoms with Crippen LogP contribution in [0.3, 0.4) is 0 Å². The lowest BCUT2D eigenvalue weighted by Crippen LogP contribution is -2.39. The molecule has 1 spiro atoms. The van der Waals surface area contributed by atoms with E-state index in [1.807, 2.05) is 194 Å². The number of hydrogen-bond acceptors (Lipinski definition) is 3. The SMILES string of the molecule is O=P(c1ccccc1)(c1ccccc1)c1ccc2c(c1)C1(c3cc(P(=O)(c4ccccc4)c4ccccc4)ccc3C=C2)c2ccccc2-c2cc(C(F)(F)F)nn21. The van der Waals surface area contributed by atoms with E-state index >= 15 is 9.13 Å². The van der Waals surface area contributed by atoms with Crippen LogP contribution in [0.15, 0.2) is 188 Å². The zero-order valence-electron chi connectivity index (χ0n) is 30.8. The van der Waals surface area contributed by atoms with Crippen molar-refractivity contribution in [3.05, 3.63) is 222 Å². The van der Waals surface area contributed by atoms with E-state index in [1.165, 1.54) is 4.68 Å². The predicted octanol–water partition coefficient (Wildman–Crippen LogP) is 9.49. The summed E-state index contributed by atoms with van der Waals surface area (Å²) in [6, 6.07) is 57.1. The molecule has 4 nitrogen and oxygen atoms in total. The van der Waals surface area contributed by atoms with E-state index in [0.29, 0.717) is 59.8 Å². The summed E-state index contributed by atoms with van der Waals surface area (Å²) in [5, 5.41) is 7.97. The molecule has 10 rings (SSSR count). The standard InChI is InChI=1S/C49H33F3N2O2P2/c50-49(51,52)47-33-46-42-23-13-14-24-43(42)48(54(46)53-47)44-31-40(57(55,36-15-5-1-6-16-36)37-17-7-2-8-18-37)29-27-34(44)25-26-35-28-30-41(32-45(35)48)58(56,38-19-9-3-10-20-38)39-21-11-4-12-22-39/h1-33H. The van der Waals surface area contributed by atoms with Crippen LogP contribution < -0.4 is 31.8 Å². The molecule has 282 valence electrons. The summed E-state index contributed by atoms with van der Waals surface area (Å²) in [4.78, 5) is 0. The topological polar surface area (TPSA) is 52.0 Å². The Labute approximate surface area is 333 Å². The van der Waals surface area contributed by atoms with Gasteiger partial charge >= 0.3 is 6.18 Å². The van der Waals surface area contributed by atoms with Crippen LogP contribution in [0.5, 0.6) is 0 Å². The van der Waals surface area contributed by atoms with Crippen LogP contribution in [0.2, 0.25) is 0 Å². The van der Waals surface area contributed by atoms with Gasteiger partial charge in [-0.3, -0.25) is 0 Å². The average Bonchev–Trinajstić information content (AvgIpc) is 3.80. The van der Waals surface area contributed by atoms with Crippen LogP contribution in [-0.2, 0) is 20.8 Å². The Hall–Kier alpha value is -6.26. The van der Waals surface area contributed by atoms with Gasteiger partial charge in [0.2, 0.25) is 0 Å². The van der Waals surface area contributed by atoms with Gasteiger partial charge in [0, 0.05) is 37.4 Å². The molecule has 2 aliphatic rings. The monoisotopic (exact) mass is 800 g/mol. The number of benzene rings is 7. The van der Waals surface area contributed by atoms with Crippen LogP contribution >= 0.6 is 14.3 Å². The maximum atomic E-state index is 15.9. The highest BCUT2D eigenvalue weighted by Gasteiger charge is 2.52. The molecule has 0 radical (unpaired) electrons. The normalized spacial score (nSPS) is 14.0. The zero-order chi connectivity index (χ0) is 39.7. The van der Waals surface area contributed by atoms with Crippen LogP contribution in [0.1, 0.15) is 33.5 Å². The highest BCUT2D eigenvalue weighted by Crippen LogP contribution is 2.56. The van der Waals surface area contributed by atoms with E-state index in [1.54, 1.807) is 0 Å². The lowest BCUT2D eigenvalue weighted by atomic mass is 9.75. The van der Waals surface area contributed by atoms with E-state index in [9.17, 15) is 13.2 Å². The molecule has 0 bridgehead atoms. The molecule has 1 aromatic heterocycles. The summed E-state index contributed by atoms with van der Waals surface area (Å²) in [7, 11) is -7.13. The van der Waals surface area contributed by atoms with Gasteiger partial charge in [-0.15, -0.1) is 0 Å².